The number of benzene rings is 2. The zero-order chi connectivity index (χ0) is 28.6. The number of piperidine rings is 1. The summed E-state index contributed by atoms with van der Waals surface area (Å²) in [6.45, 7) is 4.77. The molecule has 0 bridgehead atoms. The van der Waals surface area contributed by atoms with Gasteiger partial charge in [0, 0.05) is 6.26 Å². The molecule has 1 heterocycles. The van der Waals surface area contributed by atoms with Crippen molar-refractivity contribution in [1.82, 2.24) is 9.80 Å². The van der Waals surface area contributed by atoms with Crippen LogP contribution < -0.4 is 0 Å². The summed E-state index contributed by atoms with van der Waals surface area (Å²) in [5, 5.41) is 0. The van der Waals surface area contributed by atoms with E-state index in [2.05, 4.69) is 4.90 Å². The van der Waals surface area contributed by atoms with Crippen LogP contribution in [0, 0.1) is 0 Å². The summed E-state index contributed by atoms with van der Waals surface area (Å²) in [5.74, 6) is 0.000717. The topological polar surface area (TPSA) is 74.8 Å². The Balaban J connectivity index is 1.53. The number of halogens is 3. The zero-order valence-electron chi connectivity index (χ0n) is 22.3. The van der Waals surface area contributed by atoms with Crippen molar-refractivity contribution in [1.29, 1.82) is 0 Å². The Bertz CT molecular complexity index is 1200. The Hall–Kier alpha value is -2.16. The molecule has 0 spiro atoms. The molecule has 1 aliphatic rings. The molecule has 1 amide bonds. The molecule has 214 valence electrons. The van der Waals surface area contributed by atoms with Gasteiger partial charge in [0.15, 0.2) is 9.84 Å². The summed E-state index contributed by atoms with van der Waals surface area (Å²) in [7, 11) is -3.29. The average molecular weight is 629 g/mol. The molecule has 1 aliphatic heterocycles. The molecule has 39 heavy (non-hydrogen) atoms. The minimum atomic E-state index is -4.47. The third-order valence-corrected chi connectivity index (χ3v) is 11.2. The number of nitrogens with zero attached hydrogens (tertiary/aromatic N) is 2. The van der Waals surface area contributed by atoms with Gasteiger partial charge in [-0.3, -0.25) is 0 Å². The van der Waals surface area contributed by atoms with Crippen molar-refractivity contribution in [2.24, 2.45) is 0 Å². The van der Waals surface area contributed by atoms with Crippen LogP contribution in [0.1, 0.15) is 48.4 Å². The first-order valence-electron chi connectivity index (χ1n) is 13.1. The van der Waals surface area contributed by atoms with Gasteiger partial charge in [-0.15, -0.1) is 0 Å². The summed E-state index contributed by atoms with van der Waals surface area (Å²) in [6.07, 6.45) is -2.23. The predicted molar refractivity (Wildman–Crippen MR) is 147 cm³/mol. The number of hydrogen-bond donors (Lipinski definition) is 0. The molecule has 1 saturated heterocycles. The van der Waals surface area contributed by atoms with E-state index in [1.807, 2.05) is 42.2 Å². The summed E-state index contributed by atoms with van der Waals surface area (Å²) in [5.41, 5.74) is 1.69. The fourth-order valence-corrected chi connectivity index (χ4v) is 8.38. The third kappa shape index (κ3) is 10.1. The van der Waals surface area contributed by atoms with Crippen LogP contribution in [0.2, 0.25) is 0 Å². The molecule has 0 N–H and O–H groups in total. The van der Waals surface area contributed by atoms with E-state index < -0.39 is 42.8 Å². The minimum absolute atomic E-state index is 0.000717. The first-order valence-corrected chi connectivity index (χ1v) is 17.2. The van der Waals surface area contributed by atoms with Crippen molar-refractivity contribution in [2.45, 2.75) is 60.8 Å². The van der Waals surface area contributed by atoms with Crippen LogP contribution in [0.15, 0.2) is 59.5 Å². The first-order chi connectivity index (χ1) is 18.4. The van der Waals surface area contributed by atoms with Crippen LogP contribution in [-0.2, 0) is 25.8 Å². The number of hydrogen-bond acceptors (Lipinski definition) is 5. The van der Waals surface area contributed by atoms with Gasteiger partial charge in [0.1, 0.15) is 0 Å². The molecule has 2 aromatic carbocycles. The molecule has 1 fully saturated rings. The van der Waals surface area contributed by atoms with Gasteiger partial charge in [-0.2, -0.15) is 0 Å². The summed E-state index contributed by atoms with van der Waals surface area (Å²) in [4.78, 5) is 29.6. The average Bonchev–Trinajstić information content (AvgIpc) is 2.87. The normalized spacial score (nSPS) is 16.4. The number of amides is 1. The van der Waals surface area contributed by atoms with Gasteiger partial charge >= 0.3 is 195 Å². The summed E-state index contributed by atoms with van der Waals surface area (Å²) in [6, 6.07) is 15.8. The monoisotopic (exact) mass is 628 g/mol. The van der Waals surface area contributed by atoms with Crippen molar-refractivity contribution in [3.05, 3.63) is 65.7 Å². The summed E-state index contributed by atoms with van der Waals surface area (Å²) >= 11 is -1.48. The number of alkyl halides is 3. The van der Waals surface area contributed by atoms with Crippen molar-refractivity contribution >= 4 is 36.1 Å². The van der Waals surface area contributed by atoms with Crippen LogP contribution in [0.25, 0.3) is 0 Å². The predicted octanol–water partition coefficient (Wildman–Crippen LogP) is 3.99. The fraction of sp³-hybridized carbons (Fsp3) is 0.500. The molecule has 0 saturated carbocycles. The second-order valence-electron chi connectivity index (χ2n) is 9.96. The molecule has 11 heteroatoms. The molecule has 2 atom stereocenters. The van der Waals surface area contributed by atoms with E-state index in [-0.39, 0.29) is 28.0 Å². The van der Waals surface area contributed by atoms with Gasteiger partial charge in [-0.1, -0.05) is 0 Å². The number of likely N-dealkylation sites (tertiary alicyclic amines) is 1. The van der Waals surface area contributed by atoms with Gasteiger partial charge < -0.3 is 0 Å². The van der Waals surface area contributed by atoms with Crippen molar-refractivity contribution in [3.63, 3.8) is 0 Å². The van der Waals surface area contributed by atoms with E-state index >= 15 is 0 Å². The molecular formula is C28H36AsF3N2O4S. The SMILES string of the molecule is CCN(C(=O)Cc1ccc(S(C)(=O)=O)cc1)C1CCN(CCC([AsH]C(=O)CC(F)(F)F)c2ccccc2)CC1. The van der Waals surface area contributed by atoms with E-state index in [4.69, 9.17) is 0 Å². The Morgan fingerprint density at radius 2 is 1.67 bits per heavy atom. The second-order valence-corrected chi connectivity index (χ2v) is 15.2. The van der Waals surface area contributed by atoms with E-state index in [1.165, 1.54) is 12.1 Å². The van der Waals surface area contributed by atoms with Crippen LogP contribution in [0.3, 0.4) is 0 Å². The van der Waals surface area contributed by atoms with Crippen LogP contribution in [0.5, 0.6) is 0 Å². The van der Waals surface area contributed by atoms with Crippen molar-refractivity contribution in [3.8, 4) is 0 Å². The van der Waals surface area contributed by atoms with E-state index in [9.17, 15) is 31.2 Å². The van der Waals surface area contributed by atoms with Crippen LogP contribution in [-0.4, -0.2) is 89.1 Å². The molecule has 0 aliphatic carbocycles. The fourth-order valence-electron chi connectivity index (χ4n) is 4.97. The molecular weight excluding hydrogens is 592 g/mol. The van der Waals surface area contributed by atoms with Gasteiger partial charge in [0.05, 0.1) is 4.90 Å². The van der Waals surface area contributed by atoms with Gasteiger partial charge in [0.2, 0.25) is 0 Å². The van der Waals surface area contributed by atoms with E-state index in [0.717, 1.165) is 43.3 Å². The Morgan fingerprint density at radius 1 is 1.05 bits per heavy atom. The Labute approximate surface area is 235 Å². The van der Waals surface area contributed by atoms with E-state index in [1.54, 1.807) is 12.1 Å². The third-order valence-electron chi connectivity index (χ3n) is 7.00. The molecule has 6 nitrogen and oxygen atoms in total. The maximum atomic E-state index is 13.1. The van der Waals surface area contributed by atoms with Crippen molar-refractivity contribution in [2.75, 3.05) is 32.4 Å². The number of likely N-dealkylation sites (N-methyl/N-ethyl adjacent to an activating group) is 1. The molecule has 0 aromatic heterocycles. The molecule has 2 unspecified atom stereocenters. The molecule has 3 rings (SSSR count). The summed E-state index contributed by atoms with van der Waals surface area (Å²) < 4.78 is 60.8. The Morgan fingerprint density at radius 3 is 2.21 bits per heavy atom. The van der Waals surface area contributed by atoms with Crippen molar-refractivity contribution < 1.29 is 31.2 Å². The maximum absolute atomic E-state index is 13.1. The molecule has 0 radical (unpaired) electrons. The van der Waals surface area contributed by atoms with Gasteiger partial charge in [-0.25, -0.2) is 8.42 Å². The van der Waals surface area contributed by atoms with E-state index in [0.29, 0.717) is 19.5 Å². The molecule has 2 aromatic rings. The zero-order valence-corrected chi connectivity index (χ0v) is 25.2. The number of carbonyl (C=O) groups is 2. The first kappa shape index (κ1) is 31.4. The number of sulfone groups is 1. The van der Waals surface area contributed by atoms with Gasteiger partial charge in [-0.05, 0) is 12.1 Å². The van der Waals surface area contributed by atoms with Crippen LogP contribution >= 0.6 is 0 Å². The van der Waals surface area contributed by atoms with Crippen LogP contribution in [0.4, 0.5) is 13.2 Å². The standard InChI is InChI=1S/C28H36AsF3N2O4S/c1-3-34(27(36)19-21-9-11-24(12-10-21)39(2,37)38)23-13-16-33(17-14-23)18-15-25(22-7-5-4-6-8-22)29-26(35)20-28(30,31)32/h4-12,23,25,29H,3,13-20H2,1-2H3. The Kier molecular flexibility index (Phi) is 11.2. The van der Waals surface area contributed by atoms with Gasteiger partial charge in [0.25, 0.3) is 0 Å². The number of carbonyl (C=O) groups excluding carboxylic acids is 2. The second kappa shape index (κ2) is 14.0. The number of rotatable bonds is 12. The quantitative estimate of drug-likeness (QED) is 0.333.